The lowest BCUT2D eigenvalue weighted by molar-refractivity contribution is -0.127. The van der Waals surface area contributed by atoms with Gasteiger partial charge in [-0.05, 0) is 40.6 Å². The normalized spacial score (nSPS) is 23.8. The van der Waals surface area contributed by atoms with Crippen LogP contribution in [0.5, 0.6) is 0 Å². The van der Waals surface area contributed by atoms with Gasteiger partial charge in [0.15, 0.2) is 0 Å². The molecule has 0 radical (unpaired) electrons. The van der Waals surface area contributed by atoms with E-state index in [9.17, 15) is 19.2 Å². The Morgan fingerprint density at radius 1 is 0.703 bits per heavy atom. The van der Waals surface area contributed by atoms with Gasteiger partial charge < -0.3 is 4.74 Å². The highest BCUT2D eigenvalue weighted by atomic mass is 35.5. The van der Waals surface area contributed by atoms with Gasteiger partial charge >= 0.3 is 0 Å². The van der Waals surface area contributed by atoms with Crippen LogP contribution in [0.2, 0.25) is 5.02 Å². The number of amides is 2. The average molecular weight is 508 g/mol. The number of ketones is 2. The van der Waals surface area contributed by atoms with Gasteiger partial charge in [0.1, 0.15) is 0 Å². The van der Waals surface area contributed by atoms with Gasteiger partial charge in [-0.25, -0.2) is 4.90 Å². The number of benzene rings is 4. The second-order valence-corrected chi connectivity index (χ2v) is 9.97. The smallest absolute Gasteiger partial charge is 0.241 e. The quantitative estimate of drug-likeness (QED) is 0.275. The molecule has 4 aromatic rings. The summed E-state index contributed by atoms with van der Waals surface area (Å²) in [6, 6.07) is 26.0. The Bertz CT molecular complexity index is 1640. The van der Waals surface area contributed by atoms with E-state index in [0.717, 1.165) is 15.7 Å². The van der Waals surface area contributed by atoms with Crippen LogP contribution in [0, 0.1) is 11.8 Å². The number of hydrogen-bond donors (Lipinski definition) is 0. The summed E-state index contributed by atoms with van der Waals surface area (Å²) in [5, 5.41) is 2.19. The number of Topliss-reactive ketones (excluding diaryl/α,β-unsaturated/α-hetero) is 2. The summed E-state index contributed by atoms with van der Waals surface area (Å²) in [7, 11) is 0. The molecular weight excluding hydrogens is 490 g/mol. The zero-order chi connectivity index (χ0) is 25.5. The molecule has 0 saturated carbocycles. The van der Waals surface area contributed by atoms with Crippen molar-refractivity contribution < 1.29 is 23.9 Å². The van der Waals surface area contributed by atoms with Crippen molar-refractivity contribution in [3.05, 3.63) is 113 Å². The van der Waals surface area contributed by atoms with Gasteiger partial charge in [0.25, 0.3) is 0 Å². The molecule has 180 valence electrons. The molecule has 0 bridgehead atoms. The number of fused-ring (bicyclic) bond motifs is 4. The third-order valence-corrected chi connectivity index (χ3v) is 7.99. The molecule has 2 fully saturated rings. The van der Waals surface area contributed by atoms with Gasteiger partial charge in [0, 0.05) is 16.1 Å². The van der Waals surface area contributed by atoms with Crippen LogP contribution >= 0.6 is 11.6 Å². The molecule has 3 atom stereocenters. The molecule has 0 N–H and O–H groups in total. The molecule has 2 aliphatic heterocycles. The van der Waals surface area contributed by atoms with Crippen LogP contribution < -0.4 is 4.90 Å². The summed E-state index contributed by atoms with van der Waals surface area (Å²) in [6.07, 6.45) is -0.980. The Morgan fingerprint density at radius 3 is 2.03 bits per heavy atom. The lowest BCUT2D eigenvalue weighted by Gasteiger charge is -2.27. The molecule has 0 unspecified atom stereocenters. The Labute approximate surface area is 216 Å². The summed E-state index contributed by atoms with van der Waals surface area (Å²) in [5.74, 6) is -4.66. The third kappa shape index (κ3) is 2.79. The van der Waals surface area contributed by atoms with E-state index in [0.29, 0.717) is 16.3 Å². The van der Waals surface area contributed by atoms with Crippen molar-refractivity contribution in [3.8, 4) is 0 Å². The molecule has 2 saturated heterocycles. The van der Waals surface area contributed by atoms with E-state index >= 15 is 0 Å². The Kier molecular flexibility index (Phi) is 4.59. The van der Waals surface area contributed by atoms with Crippen LogP contribution in [0.3, 0.4) is 0 Å². The van der Waals surface area contributed by atoms with Crippen LogP contribution in [0.25, 0.3) is 10.8 Å². The molecular formula is C30H18ClNO5. The van der Waals surface area contributed by atoms with Crippen molar-refractivity contribution in [1.29, 1.82) is 0 Å². The summed E-state index contributed by atoms with van der Waals surface area (Å²) >= 11 is 6.04. The molecule has 3 aliphatic rings. The van der Waals surface area contributed by atoms with E-state index in [1.54, 1.807) is 48.5 Å². The van der Waals surface area contributed by atoms with Crippen molar-refractivity contribution in [3.63, 3.8) is 0 Å². The van der Waals surface area contributed by atoms with Gasteiger partial charge in [-0.15, -0.1) is 0 Å². The number of carbonyl (C=O) groups is 4. The average Bonchev–Trinajstić information content (AvgIpc) is 3.49. The van der Waals surface area contributed by atoms with Crippen LogP contribution in [-0.4, -0.2) is 29.0 Å². The fraction of sp³-hybridized carbons (Fsp3) is 0.133. The first kappa shape index (κ1) is 22.1. The molecule has 0 aromatic heterocycles. The molecule has 37 heavy (non-hydrogen) atoms. The zero-order valence-electron chi connectivity index (χ0n) is 19.3. The lowest BCUT2D eigenvalue weighted by Crippen LogP contribution is -2.51. The maximum Gasteiger partial charge on any atom is 0.241 e. The highest BCUT2D eigenvalue weighted by molar-refractivity contribution is 6.37. The number of ether oxygens (including phenoxy) is 1. The standard InChI is InChI=1S/C30H18ClNO5/c31-17-12-14-18(15-13-17)32-28(35)23-24(29(32)36)30(26(33)21-9-3-4-10-22(21)27(30)34)37-25(23)20-11-5-7-16-6-1-2-8-19(16)20/h1-15,23-25H/t23-,24-,25+/m1/s1. The fourth-order valence-corrected chi connectivity index (χ4v) is 6.27. The first-order chi connectivity index (χ1) is 17.9. The van der Waals surface area contributed by atoms with Crippen molar-refractivity contribution in [1.82, 2.24) is 0 Å². The minimum atomic E-state index is -2.11. The highest BCUT2D eigenvalue weighted by Gasteiger charge is 2.74. The van der Waals surface area contributed by atoms with Crippen molar-refractivity contribution in [2.45, 2.75) is 11.7 Å². The SMILES string of the molecule is O=C1[C@H]2[C@H](c3cccc4ccccc34)OC3(C(=O)c4ccccc4C3=O)[C@H]2C(=O)N1c1ccc(Cl)cc1. The van der Waals surface area contributed by atoms with Gasteiger partial charge in [-0.1, -0.05) is 78.3 Å². The predicted octanol–water partition coefficient (Wildman–Crippen LogP) is 5.19. The fourth-order valence-electron chi connectivity index (χ4n) is 6.14. The van der Waals surface area contributed by atoms with Crippen LogP contribution in [0.15, 0.2) is 91.0 Å². The van der Waals surface area contributed by atoms with E-state index in [2.05, 4.69) is 0 Å². The Balaban J connectivity index is 1.46. The number of hydrogen-bond acceptors (Lipinski definition) is 5. The van der Waals surface area contributed by atoms with E-state index in [1.165, 1.54) is 0 Å². The number of halogens is 1. The summed E-state index contributed by atoms with van der Waals surface area (Å²) < 4.78 is 6.43. The molecule has 2 amide bonds. The summed E-state index contributed by atoms with van der Waals surface area (Å²) in [6.45, 7) is 0. The minimum Gasteiger partial charge on any atom is -0.349 e. The van der Waals surface area contributed by atoms with E-state index in [1.807, 2.05) is 42.5 Å². The Hall–Kier alpha value is -4.13. The molecule has 7 heteroatoms. The van der Waals surface area contributed by atoms with E-state index in [4.69, 9.17) is 16.3 Å². The van der Waals surface area contributed by atoms with Gasteiger partial charge in [-0.2, -0.15) is 0 Å². The van der Waals surface area contributed by atoms with Crippen LogP contribution in [-0.2, 0) is 14.3 Å². The number of anilines is 1. The van der Waals surface area contributed by atoms with Gasteiger partial charge in [-0.3, -0.25) is 19.2 Å². The van der Waals surface area contributed by atoms with E-state index < -0.39 is 46.9 Å². The first-order valence-corrected chi connectivity index (χ1v) is 12.3. The molecule has 2 heterocycles. The highest BCUT2D eigenvalue weighted by Crippen LogP contribution is 2.58. The largest absolute Gasteiger partial charge is 0.349 e. The molecule has 7 rings (SSSR count). The Morgan fingerprint density at radius 2 is 1.32 bits per heavy atom. The zero-order valence-corrected chi connectivity index (χ0v) is 20.0. The summed E-state index contributed by atoms with van der Waals surface area (Å²) in [4.78, 5) is 56.9. The molecule has 6 nitrogen and oxygen atoms in total. The maximum absolute atomic E-state index is 14.0. The maximum atomic E-state index is 14.0. The number of imide groups is 1. The monoisotopic (exact) mass is 507 g/mol. The van der Waals surface area contributed by atoms with Crippen LogP contribution in [0.4, 0.5) is 5.69 Å². The lowest BCUT2D eigenvalue weighted by atomic mass is 9.77. The third-order valence-electron chi connectivity index (χ3n) is 7.73. The second kappa shape index (κ2) is 7.68. The minimum absolute atomic E-state index is 0.204. The summed E-state index contributed by atoms with van der Waals surface area (Å²) in [5.41, 5.74) is -0.717. The number of rotatable bonds is 2. The van der Waals surface area contributed by atoms with Crippen molar-refractivity contribution in [2.75, 3.05) is 4.90 Å². The van der Waals surface area contributed by atoms with E-state index in [-0.39, 0.29) is 11.1 Å². The predicted molar refractivity (Wildman–Crippen MR) is 137 cm³/mol. The second-order valence-electron chi connectivity index (χ2n) is 9.54. The van der Waals surface area contributed by atoms with Crippen LogP contribution in [0.1, 0.15) is 32.4 Å². The molecule has 1 aliphatic carbocycles. The number of carbonyl (C=O) groups excluding carboxylic acids is 4. The van der Waals surface area contributed by atoms with Gasteiger partial charge in [0.2, 0.25) is 29.0 Å². The van der Waals surface area contributed by atoms with Crippen molar-refractivity contribution >= 4 is 51.4 Å². The first-order valence-electron chi connectivity index (χ1n) is 11.9. The molecule has 4 aromatic carbocycles. The van der Waals surface area contributed by atoms with Gasteiger partial charge in [0.05, 0.1) is 23.6 Å². The van der Waals surface area contributed by atoms with Crippen molar-refractivity contribution in [2.24, 2.45) is 11.8 Å². The molecule has 1 spiro atoms. The topological polar surface area (TPSA) is 80.8 Å². The number of nitrogens with zero attached hydrogens (tertiary/aromatic N) is 1.